The Hall–Kier alpha value is -3.30. The molecule has 6 atom stereocenters. The van der Waals surface area contributed by atoms with Gasteiger partial charge >= 0.3 is 6.03 Å². The molecule has 2 aliphatic heterocycles. The molecule has 13 nitrogen and oxygen atoms in total. The van der Waals surface area contributed by atoms with Gasteiger partial charge in [-0.1, -0.05) is 80.2 Å². The quantitative estimate of drug-likeness (QED) is 0.164. The standard InChI is InChI=1S/C38H58N6O7S2/c1-9-14-24(30(45)33(47)39-18-10-2)40-32(46)29-28-23(37(28,6)7)20-44(29)34(48)31(38(8)16-12-11-13-17-38)42-35(49)41-27(36(3,4)5)22-43-21-25-26(15-19-52-25)53(43,50)51/h10,15,19,23-24,27-29,31H,2,9,11-14,16-18,20-22H2,1,3-8H3,(H,39,47)(H,40,46)(H2,41,42,49)/t23-,24?,27?,28-,29?,31?/m1/s1. The number of hydrogen-bond acceptors (Lipinski definition) is 8. The third kappa shape index (κ3) is 8.22. The molecule has 1 aromatic heterocycles. The maximum atomic E-state index is 14.9. The van der Waals surface area contributed by atoms with Gasteiger partial charge in [0.1, 0.15) is 12.1 Å². The fourth-order valence-electron chi connectivity index (χ4n) is 8.68. The molecular formula is C38H58N6O7S2. The van der Waals surface area contributed by atoms with Crippen molar-refractivity contribution in [3.63, 3.8) is 0 Å². The number of fused-ring (bicyclic) bond motifs is 2. The number of ketones is 1. The number of piperidine rings is 1. The summed E-state index contributed by atoms with van der Waals surface area (Å²) in [6.45, 7) is 18.1. The van der Waals surface area contributed by atoms with E-state index < -0.39 is 68.6 Å². The first-order valence-electron chi connectivity index (χ1n) is 18.9. The fraction of sp³-hybridized carbons (Fsp3) is 0.711. The molecule has 5 rings (SSSR count). The molecule has 4 aliphatic rings. The molecule has 1 aromatic rings. The van der Waals surface area contributed by atoms with Crippen LogP contribution in [0.4, 0.5) is 4.79 Å². The number of amides is 5. The van der Waals surface area contributed by atoms with Crippen LogP contribution in [0.1, 0.15) is 98.3 Å². The smallest absolute Gasteiger partial charge is 0.315 e. The van der Waals surface area contributed by atoms with E-state index in [0.717, 1.165) is 24.1 Å². The Bertz CT molecular complexity index is 1710. The Kier molecular flexibility index (Phi) is 11.9. The summed E-state index contributed by atoms with van der Waals surface area (Å²) in [5.41, 5.74) is -1.33. The Balaban J connectivity index is 1.37. The molecule has 0 spiro atoms. The highest BCUT2D eigenvalue weighted by molar-refractivity contribution is 7.89. The molecule has 0 radical (unpaired) electrons. The molecule has 0 bridgehead atoms. The summed E-state index contributed by atoms with van der Waals surface area (Å²) in [7, 11) is -3.69. The van der Waals surface area contributed by atoms with E-state index in [-0.39, 0.29) is 49.2 Å². The van der Waals surface area contributed by atoms with Crippen molar-refractivity contribution in [2.75, 3.05) is 19.6 Å². The second kappa shape index (κ2) is 15.4. The summed E-state index contributed by atoms with van der Waals surface area (Å²) in [4.78, 5) is 71.4. The van der Waals surface area contributed by atoms with Crippen molar-refractivity contribution in [1.29, 1.82) is 0 Å². The highest BCUT2D eigenvalue weighted by Crippen LogP contribution is 2.65. The van der Waals surface area contributed by atoms with Crippen LogP contribution in [0.25, 0.3) is 0 Å². The van der Waals surface area contributed by atoms with Crippen LogP contribution in [-0.2, 0) is 35.7 Å². The molecule has 0 aromatic carbocycles. The summed E-state index contributed by atoms with van der Waals surface area (Å²) >= 11 is 1.39. The first-order chi connectivity index (χ1) is 24.8. The zero-order valence-corrected chi connectivity index (χ0v) is 33.9. The SMILES string of the molecule is C=CCNC(=O)C(=O)C(CCC)NC(=O)C1[C@H]2[C@@H](CN1C(=O)C(NC(=O)NC(CN1Cc3sccc3S1(=O)=O)C(C)(C)C)C1(C)CCCCC1)C2(C)C. The van der Waals surface area contributed by atoms with E-state index in [2.05, 4.69) is 41.7 Å². The first-order valence-corrected chi connectivity index (χ1v) is 21.3. The maximum Gasteiger partial charge on any atom is 0.315 e. The van der Waals surface area contributed by atoms with Gasteiger partial charge in [-0.3, -0.25) is 19.2 Å². The van der Waals surface area contributed by atoms with E-state index in [1.54, 1.807) is 16.3 Å². The molecular weight excluding hydrogens is 717 g/mol. The Morgan fingerprint density at radius 2 is 1.74 bits per heavy atom. The van der Waals surface area contributed by atoms with Crippen LogP contribution >= 0.6 is 11.3 Å². The van der Waals surface area contributed by atoms with Gasteiger partial charge in [0.2, 0.25) is 27.6 Å². The third-order valence-corrected chi connectivity index (χ3v) is 15.1. The summed E-state index contributed by atoms with van der Waals surface area (Å²) in [6, 6.07) is -2.44. The number of nitrogens with one attached hydrogen (secondary N) is 4. The lowest BCUT2D eigenvalue weighted by atomic mass is 9.70. The second-order valence-electron chi connectivity index (χ2n) is 17.3. The van der Waals surface area contributed by atoms with Gasteiger partial charge in [0, 0.05) is 37.1 Å². The molecule has 15 heteroatoms. The molecule has 3 heterocycles. The average molecular weight is 775 g/mol. The van der Waals surface area contributed by atoms with Crippen LogP contribution in [0.3, 0.4) is 0 Å². The van der Waals surface area contributed by atoms with Gasteiger partial charge in [0.05, 0.1) is 10.9 Å². The van der Waals surface area contributed by atoms with Crippen LogP contribution in [0.5, 0.6) is 0 Å². The number of hydrogen-bond donors (Lipinski definition) is 4. The minimum atomic E-state index is -3.69. The number of thiophene rings is 1. The zero-order valence-electron chi connectivity index (χ0n) is 32.3. The van der Waals surface area contributed by atoms with Crippen molar-refractivity contribution in [3.05, 3.63) is 29.0 Å². The normalized spacial score (nSPS) is 25.6. The number of Topliss-reactive ketones (excluding diaryl/α,β-unsaturated/α-hetero) is 1. The van der Waals surface area contributed by atoms with Crippen LogP contribution in [0.2, 0.25) is 0 Å². The molecule has 4 unspecified atom stereocenters. The van der Waals surface area contributed by atoms with Crippen molar-refractivity contribution in [2.24, 2.45) is 28.1 Å². The molecule has 294 valence electrons. The Labute approximate surface area is 318 Å². The van der Waals surface area contributed by atoms with E-state index in [1.807, 2.05) is 34.6 Å². The maximum absolute atomic E-state index is 14.9. The van der Waals surface area contributed by atoms with Crippen LogP contribution in [0.15, 0.2) is 29.0 Å². The first kappa shape index (κ1) is 40.9. The van der Waals surface area contributed by atoms with E-state index in [1.165, 1.54) is 21.7 Å². The summed E-state index contributed by atoms with van der Waals surface area (Å²) in [5.74, 6) is -2.48. The van der Waals surface area contributed by atoms with Crippen molar-refractivity contribution in [2.45, 2.75) is 129 Å². The van der Waals surface area contributed by atoms with Crippen molar-refractivity contribution >= 4 is 50.9 Å². The number of nitrogens with zero attached hydrogens (tertiary/aromatic N) is 2. The van der Waals surface area contributed by atoms with Crippen LogP contribution in [-0.4, -0.2) is 91.0 Å². The number of likely N-dealkylation sites (tertiary alicyclic amines) is 1. The van der Waals surface area contributed by atoms with Gasteiger partial charge in [0.25, 0.3) is 5.91 Å². The third-order valence-electron chi connectivity index (χ3n) is 12.2. The number of rotatable bonds is 14. The van der Waals surface area contributed by atoms with E-state index >= 15 is 0 Å². The summed E-state index contributed by atoms with van der Waals surface area (Å²) in [6.07, 6.45) is 6.48. The summed E-state index contributed by atoms with van der Waals surface area (Å²) < 4.78 is 28.0. The molecule has 2 saturated carbocycles. The lowest BCUT2D eigenvalue weighted by molar-refractivity contribution is -0.146. The van der Waals surface area contributed by atoms with E-state index in [0.29, 0.717) is 30.7 Å². The zero-order chi connectivity index (χ0) is 39.1. The predicted molar refractivity (Wildman–Crippen MR) is 203 cm³/mol. The van der Waals surface area contributed by atoms with Gasteiger partial charge in [-0.2, -0.15) is 4.31 Å². The highest BCUT2D eigenvalue weighted by Gasteiger charge is 2.70. The van der Waals surface area contributed by atoms with E-state index in [9.17, 15) is 32.4 Å². The molecule has 4 N–H and O–H groups in total. The van der Waals surface area contributed by atoms with Gasteiger partial charge in [-0.25, -0.2) is 13.2 Å². The van der Waals surface area contributed by atoms with Crippen LogP contribution in [0, 0.1) is 28.1 Å². The average Bonchev–Trinajstić information content (AvgIpc) is 3.54. The van der Waals surface area contributed by atoms with Crippen molar-refractivity contribution < 1.29 is 32.4 Å². The van der Waals surface area contributed by atoms with Gasteiger partial charge < -0.3 is 26.2 Å². The number of sulfonamides is 1. The van der Waals surface area contributed by atoms with E-state index in [4.69, 9.17) is 0 Å². The number of urea groups is 1. The summed E-state index contributed by atoms with van der Waals surface area (Å²) in [5, 5.41) is 13.2. The highest BCUT2D eigenvalue weighted by atomic mass is 32.2. The molecule has 1 saturated heterocycles. The van der Waals surface area contributed by atoms with Crippen molar-refractivity contribution in [1.82, 2.24) is 30.5 Å². The second-order valence-corrected chi connectivity index (χ2v) is 20.2. The Morgan fingerprint density at radius 1 is 1.06 bits per heavy atom. The monoisotopic (exact) mass is 774 g/mol. The molecule has 2 aliphatic carbocycles. The Morgan fingerprint density at radius 3 is 2.34 bits per heavy atom. The van der Waals surface area contributed by atoms with Gasteiger partial charge in [-0.15, -0.1) is 17.9 Å². The lowest BCUT2D eigenvalue weighted by Gasteiger charge is -2.43. The molecule has 3 fully saturated rings. The van der Waals surface area contributed by atoms with Crippen LogP contribution < -0.4 is 21.3 Å². The fourth-order valence-corrected chi connectivity index (χ4v) is 11.6. The number of carbonyl (C=O) groups excluding carboxylic acids is 5. The predicted octanol–water partition coefficient (Wildman–Crippen LogP) is 3.94. The minimum absolute atomic E-state index is 0.0583. The minimum Gasteiger partial charge on any atom is -0.346 e. The lowest BCUT2D eigenvalue weighted by Crippen LogP contribution is -2.63. The number of carbonyl (C=O) groups is 5. The topological polar surface area (TPSA) is 174 Å². The largest absolute Gasteiger partial charge is 0.346 e. The van der Waals surface area contributed by atoms with Gasteiger partial charge in [-0.05, 0) is 58.8 Å². The van der Waals surface area contributed by atoms with Gasteiger partial charge in [0.15, 0.2) is 0 Å². The van der Waals surface area contributed by atoms with Crippen molar-refractivity contribution in [3.8, 4) is 0 Å². The molecule has 53 heavy (non-hydrogen) atoms. The molecule has 5 amide bonds.